The largest absolute Gasteiger partial charge is 0.386 e. The predicted octanol–water partition coefficient (Wildman–Crippen LogP) is 1.73. The number of hydrogen-bond acceptors (Lipinski definition) is 6. The highest BCUT2D eigenvalue weighted by Gasteiger charge is 2.25. The molecule has 7 nitrogen and oxygen atoms in total. The monoisotopic (exact) mass is 392 g/mol. The second-order valence-electron chi connectivity index (χ2n) is 6.36. The van der Waals surface area contributed by atoms with Gasteiger partial charge in [-0.05, 0) is 31.2 Å². The quantitative estimate of drug-likeness (QED) is 0.810. The van der Waals surface area contributed by atoms with Crippen LogP contribution in [0.5, 0.6) is 0 Å². The van der Waals surface area contributed by atoms with Gasteiger partial charge in [-0.1, -0.05) is 0 Å². The number of thiazole rings is 1. The molecule has 1 aliphatic heterocycles. The number of halogens is 1. The van der Waals surface area contributed by atoms with E-state index < -0.39 is 6.10 Å². The number of aromatic nitrogens is 1. The van der Waals surface area contributed by atoms with Crippen LogP contribution in [0.15, 0.2) is 30.5 Å². The maximum absolute atomic E-state index is 12.9. The van der Waals surface area contributed by atoms with E-state index in [-0.39, 0.29) is 24.2 Å². The Kier molecular flexibility index (Phi) is 6.15. The van der Waals surface area contributed by atoms with Gasteiger partial charge in [-0.3, -0.25) is 14.5 Å². The molecular formula is C18H21FN4O3S. The molecule has 3 rings (SSSR count). The number of anilines is 1. The van der Waals surface area contributed by atoms with Crippen LogP contribution in [0.25, 0.3) is 0 Å². The number of carbonyl (C=O) groups excluding carboxylic acids is 2. The summed E-state index contributed by atoms with van der Waals surface area (Å²) >= 11 is 1.20. The summed E-state index contributed by atoms with van der Waals surface area (Å²) in [6.45, 7) is 4.04. The first kappa shape index (κ1) is 19.4. The van der Waals surface area contributed by atoms with Gasteiger partial charge in [0.25, 0.3) is 5.91 Å². The first-order valence-electron chi connectivity index (χ1n) is 8.63. The lowest BCUT2D eigenvalue weighted by Gasteiger charge is -2.34. The lowest BCUT2D eigenvalue weighted by Crippen LogP contribution is -2.50. The Morgan fingerprint density at radius 2 is 1.93 bits per heavy atom. The number of hydrogen-bond donors (Lipinski definition) is 2. The third-order valence-electron chi connectivity index (χ3n) is 4.25. The second kappa shape index (κ2) is 8.55. The fraction of sp³-hybridized carbons (Fsp3) is 0.389. The van der Waals surface area contributed by atoms with Crippen LogP contribution in [0.4, 0.5) is 10.1 Å². The maximum Gasteiger partial charge on any atom is 0.265 e. The number of nitrogens with zero attached hydrogens (tertiary/aromatic N) is 3. The summed E-state index contributed by atoms with van der Waals surface area (Å²) < 4.78 is 12.9. The van der Waals surface area contributed by atoms with Crippen molar-refractivity contribution in [1.29, 1.82) is 0 Å². The average Bonchev–Trinajstić information content (AvgIpc) is 3.14. The van der Waals surface area contributed by atoms with Crippen LogP contribution in [0.1, 0.15) is 27.7 Å². The van der Waals surface area contributed by atoms with E-state index in [0.717, 1.165) is 0 Å². The third kappa shape index (κ3) is 5.09. The summed E-state index contributed by atoms with van der Waals surface area (Å²) in [6.07, 6.45) is 0.811. The van der Waals surface area contributed by atoms with E-state index in [0.29, 0.717) is 41.8 Å². The fourth-order valence-corrected chi connectivity index (χ4v) is 3.60. The molecule has 1 unspecified atom stereocenters. The minimum absolute atomic E-state index is 0.102. The van der Waals surface area contributed by atoms with Gasteiger partial charge >= 0.3 is 0 Å². The molecule has 1 aromatic heterocycles. The van der Waals surface area contributed by atoms with E-state index in [2.05, 4.69) is 10.3 Å². The van der Waals surface area contributed by atoms with Gasteiger partial charge in [0, 0.05) is 31.9 Å². The first-order chi connectivity index (χ1) is 12.9. The molecule has 9 heteroatoms. The van der Waals surface area contributed by atoms with Crippen LogP contribution in [-0.2, 0) is 4.79 Å². The van der Waals surface area contributed by atoms with Crippen molar-refractivity contribution < 1.29 is 19.1 Å². The Balaban J connectivity index is 1.47. The number of aliphatic hydroxyl groups excluding tert-OH is 1. The molecule has 2 N–H and O–H groups in total. The Hall–Kier alpha value is -2.36. The Morgan fingerprint density at radius 1 is 1.26 bits per heavy atom. The van der Waals surface area contributed by atoms with Gasteiger partial charge in [-0.15, -0.1) is 11.3 Å². The van der Waals surface area contributed by atoms with Crippen LogP contribution in [0, 0.1) is 5.82 Å². The van der Waals surface area contributed by atoms with E-state index in [1.54, 1.807) is 11.8 Å². The first-order valence-corrected chi connectivity index (χ1v) is 9.45. The number of piperazine rings is 1. The lowest BCUT2D eigenvalue weighted by atomic mass is 10.3. The summed E-state index contributed by atoms with van der Waals surface area (Å²) in [5.74, 6) is -0.629. The number of amides is 2. The standard InChI is InChI=1S/C18H21FN4O3S/c1-12(24)17-20-10-15(27-17)18(26)23-8-6-22(7-9-23)11-16(25)21-14-4-2-13(19)3-5-14/h2-5,10,12,24H,6-9,11H2,1H3,(H,21,25). The van der Waals surface area contributed by atoms with Crippen molar-refractivity contribution in [3.05, 3.63) is 46.2 Å². The SMILES string of the molecule is CC(O)c1ncc(C(=O)N2CCN(CC(=O)Nc3ccc(F)cc3)CC2)s1. The maximum atomic E-state index is 12.9. The van der Waals surface area contributed by atoms with Gasteiger partial charge in [0.2, 0.25) is 5.91 Å². The van der Waals surface area contributed by atoms with Crippen molar-refractivity contribution in [2.45, 2.75) is 13.0 Å². The van der Waals surface area contributed by atoms with E-state index in [1.807, 2.05) is 4.90 Å². The van der Waals surface area contributed by atoms with Crippen LogP contribution in [-0.4, -0.2) is 64.4 Å². The average molecular weight is 392 g/mol. The fourth-order valence-electron chi connectivity index (χ4n) is 2.78. The van der Waals surface area contributed by atoms with Gasteiger partial charge in [0.15, 0.2) is 0 Å². The Labute approximate surface area is 160 Å². The molecule has 0 aliphatic carbocycles. The Bertz CT molecular complexity index is 801. The van der Waals surface area contributed by atoms with Gasteiger partial charge in [0.1, 0.15) is 21.8 Å². The molecule has 1 aromatic carbocycles. The molecule has 0 saturated carbocycles. The zero-order chi connectivity index (χ0) is 19.4. The predicted molar refractivity (Wildman–Crippen MR) is 100 cm³/mol. The second-order valence-corrected chi connectivity index (χ2v) is 7.42. The van der Waals surface area contributed by atoms with Crippen LogP contribution in [0.2, 0.25) is 0 Å². The van der Waals surface area contributed by atoms with Crippen molar-refractivity contribution in [1.82, 2.24) is 14.8 Å². The number of carbonyl (C=O) groups is 2. The molecule has 27 heavy (non-hydrogen) atoms. The summed E-state index contributed by atoms with van der Waals surface area (Å²) in [5, 5.41) is 12.8. The highest BCUT2D eigenvalue weighted by molar-refractivity contribution is 7.13. The van der Waals surface area contributed by atoms with Gasteiger partial charge in [-0.2, -0.15) is 0 Å². The molecule has 2 heterocycles. The topological polar surface area (TPSA) is 85.8 Å². The van der Waals surface area contributed by atoms with Crippen LogP contribution >= 0.6 is 11.3 Å². The van der Waals surface area contributed by atoms with Crippen molar-refractivity contribution >= 4 is 28.8 Å². The van der Waals surface area contributed by atoms with Gasteiger partial charge in [-0.25, -0.2) is 9.37 Å². The van der Waals surface area contributed by atoms with Gasteiger partial charge in [0.05, 0.1) is 12.7 Å². The zero-order valence-electron chi connectivity index (χ0n) is 14.9. The highest BCUT2D eigenvalue weighted by Crippen LogP contribution is 2.21. The summed E-state index contributed by atoms with van der Waals surface area (Å²) in [5.41, 5.74) is 0.550. The molecule has 1 saturated heterocycles. The lowest BCUT2D eigenvalue weighted by molar-refractivity contribution is -0.117. The molecule has 0 spiro atoms. The molecule has 144 valence electrons. The van der Waals surface area contributed by atoms with E-state index in [4.69, 9.17) is 0 Å². The van der Waals surface area contributed by atoms with E-state index in [1.165, 1.54) is 41.8 Å². The summed E-state index contributed by atoms with van der Waals surface area (Å²) in [4.78, 5) is 32.9. The third-order valence-corrected chi connectivity index (χ3v) is 5.40. The smallest absolute Gasteiger partial charge is 0.265 e. The summed E-state index contributed by atoms with van der Waals surface area (Å²) in [7, 11) is 0. The van der Waals surface area contributed by atoms with Gasteiger partial charge < -0.3 is 15.3 Å². The molecule has 2 amide bonds. The van der Waals surface area contributed by atoms with Crippen LogP contribution in [0.3, 0.4) is 0 Å². The number of nitrogens with one attached hydrogen (secondary N) is 1. The van der Waals surface area contributed by atoms with Crippen molar-refractivity contribution in [2.24, 2.45) is 0 Å². The number of benzene rings is 1. The van der Waals surface area contributed by atoms with E-state index >= 15 is 0 Å². The molecule has 1 aliphatic rings. The minimum atomic E-state index is -0.687. The van der Waals surface area contributed by atoms with Crippen molar-refractivity contribution in [3.63, 3.8) is 0 Å². The Morgan fingerprint density at radius 3 is 2.52 bits per heavy atom. The molecule has 0 radical (unpaired) electrons. The number of aliphatic hydroxyl groups is 1. The molecule has 1 fully saturated rings. The van der Waals surface area contributed by atoms with Crippen LogP contribution < -0.4 is 5.32 Å². The molecular weight excluding hydrogens is 371 g/mol. The van der Waals surface area contributed by atoms with Crippen molar-refractivity contribution in [3.8, 4) is 0 Å². The molecule has 1 atom stereocenters. The zero-order valence-corrected chi connectivity index (χ0v) is 15.7. The molecule has 0 bridgehead atoms. The summed E-state index contributed by atoms with van der Waals surface area (Å²) in [6, 6.07) is 5.62. The van der Waals surface area contributed by atoms with E-state index in [9.17, 15) is 19.1 Å². The minimum Gasteiger partial charge on any atom is -0.386 e. The molecule has 2 aromatic rings. The highest BCUT2D eigenvalue weighted by atomic mass is 32.1. The van der Waals surface area contributed by atoms with Crippen molar-refractivity contribution in [2.75, 3.05) is 38.0 Å². The normalized spacial score (nSPS) is 16.2. The number of rotatable bonds is 5.